The Labute approximate surface area is 186 Å². The molecule has 0 bridgehead atoms. The van der Waals surface area contributed by atoms with Crippen LogP contribution in [0, 0.1) is 0 Å². The Morgan fingerprint density at radius 1 is 0.931 bits per heavy atom. The number of nitrogens with zero attached hydrogens (tertiary/aromatic N) is 3. The molecule has 1 heterocycles. The second-order valence-corrected chi connectivity index (χ2v) is 7.92. The number of carbonyl (C=O) groups excluding carboxylic acids is 1. The summed E-state index contributed by atoms with van der Waals surface area (Å²) in [5, 5.41) is 6.11. The summed E-state index contributed by atoms with van der Waals surface area (Å²) in [6.45, 7) is 5.48. The van der Waals surface area contributed by atoms with E-state index in [-0.39, 0.29) is 5.91 Å². The molecule has 7 heteroatoms. The third-order valence-electron chi connectivity index (χ3n) is 4.50. The van der Waals surface area contributed by atoms with Gasteiger partial charge in [-0.2, -0.15) is 5.10 Å². The summed E-state index contributed by atoms with van der Waals surface area (Å²) in [6.07, 6.45) is 1.76. The highest BCUT2D eigenvalue weighted by Gasteiger charge is 2.23. The fourth-order valence-corrected chi connectivity index (χ4v) is 3.69. The van der Waals surface area contributed by atoms with Crippen molar-refractivity contribution in [2.45, 2.75) is 26.7 Å². The molecule has 29 heavy (non-hydrogen) atoms. The zero-order valence-corrected chi connectivity index (χ0v) is 18.6. The molecule has 0 fully saturated rings. The maximum Gasteiger partial charge on any atom is 0.272 e. The summed E-state index contributed by atoms with van der Waals surface area (Å²) in [6, 6.07) is 14.4. The average Bonchev–Trinajstić information content (AvgIpc) is 3.15. The van der Waals surface area contributed by atoms with Crippen molar-refractivity contribution in [2.75, 3.05) is 13.1 Å². The van der Waals surface area contributed by atoms with Crippen LogP contribution in [0.2, 0.25) is 15.1 Å². The molecule has 152 valence electrons. The Hall–Kier alpha value is -2.01. The number of benzene rings is 2. The minimum absolute atomic E-state index is 0.0782. The first-order valence-corrected chi connectivity index (χ1v) is 10.7. The largest absolute Gasteiger partial charge is 0.337 e. The van der Waals surface area contributed by atoms with E-state index in [1.165, 1.54) is 0 Å². The molecule has 0 saturated carbocycles. The number of rotatable bonds is 7. The maximum absolute atomic E-state index is 13.4. The topological polar surface area (TPSA) is 38.1 Å². The molecule has 3 aromatic rings. The first kappa shape index (κ1) is 21.7. The molecule has 0 radical (unpaired) electrons. The molecule has 4 nitrogen and oxygen atoms in total. The fourth-order valence-electron chi connectivity index (χ4n) is 3.16. The van der Waals surface area contributed by atoms with Crippen LogP contribution in [0.5, 0.6) is 0 Å². The van der Waals surface area contributed by atoms with Crippen molar-refractivity contribution in [3.8, 4) is 16.9 Å². The number of hydrogen-bond donors (Lipinski definition) is 0. The summed E-state index contributed by atoms with van der Waals surface area (Å²) in [7, 11) is 0. The van der Waals surface area contributed by atoms with Gasteiger partial charge < -0.3 is 4.90 Å². The van der Waals surface area contributed by atoms with E-state index in [2.05, 4.69) is 18.9 Å². The maximum atomic E-state index is 13.4. The number of aromatic nitrogens is 2. The van der Waals surface area contributed by atoms with Gasteiger partial charge in [-0.1, -0.05) is 66.8 Å². The van der Waals surface area contributed by atoms with Crippen LogP contribution < -0.4 is 0 Å². The van der Waals surface area contributed by atoms with Gasteiger partial charge in [0.05, 0.1) is 26.4 Å². The molecular formula is C22H22Cl3N3O. The van der Waals surface area contributed by atoms with Crippen molar-refractivity contribution in [2.24, 2.45) is 0 Å². The zero-order chi connectivity index (χ0) is 21.0. The molecule has 0 aliphatic carbocycles. The van der Waals surface area contributed by atoms with Crippen molar-refractivity contribution < 1.29 is 4.79 Å². The summed E-state index contributed by atoms with van der Waals surface area (Å²) < 4.78 is 1.61. The molecule has 0 spiro atoms. The lowest BCUT2D eigenvalue weighted by molar-refractivity contribution is 0.0746. The molecule has 3 rings (SSSR count). The lowest BCUT2D eigenvalue weighted by Gasteiger charge is -2.21. The Balaban J connectivity index is 2.15. The van der Waals surface area contributed by atoms with Crippen LogP contribution in [0.25, 0.3) is 16.9 Å². The van der Waals surface area contributed by atoms with Crippen LogP contribution in [0.1, 0.15) is 37.2 Å². The van der Waals surface area contributed by atoms with Crippen LogP contribution in [0.15, 0.2) is 48.5 Å². The van der Waals surface area contributed by atoms with Gasteiger partial charge in [-0.25, -0.2) is 4.68 Å². The minimum atomic E-state index is -0.0782. The number of carbonyl (C=O) groups is 1. The Bertz CT molecular complexity index is 1010. The van der Waals surface area contributed by atoms with Gasteiger partial charge in [0.1, 0.15) is 5.69 Å². The minimum Gasteiger partial charge on any atom is -0.337 e. The Morgan fingerprint density at radius 3 is 2.24 bits per heavy atom. The molecular weight excluding hydrogens is 429 g/mol. The lowest BCUT2D eigenvalue weighted by Crippen LogP contribution is -2.33. The summed E-state index contributed by atoms with van der Waals surface area (Å²) >= 11 is 18.7. The predicted octanol–water partition coefficient (Wildman–Crippen LogP) is 6.76. The molecule has 1 aromatic heterocycles. The quantitative estimate of drug-likeness (QED) is 0.399. The Morgan fingerprint density at radius 2 is 1.62 bits per heavy atom. The van der Waals surface area contributed by atoms with Gasteiger partial charge in [0, 0.05) is 18.7 Å². The average molecular weight is 451 g/mol. The summed E-state index contributed by atoms with van der Waals surface area (Å²) in [5.41, 5.74) is 2.51. The monoisotopic (exact) mass is 449 g/mol. The molecule has 1 amide bonds. The van der Waals surface area contributed by atoms with E-state index in [0.717, 1.165) is 18.4 Å². The van der Waals surface area contributed by atoms with Gasteiger partial charge in [-0.15, -0.1) is 0 Å². The standard InChI is InChI=1S/C22H22Cl3N3O/c1-3-11-27(12-4-2)22(29)21-14-20(16-7-5-6-8-17(16)23)26-28(21)15-9-10-18(24)19(25)13-15/h5-10,13-14H,3-4,11-12H2,1-2H3. The molecule has 2 aromatic carbocycles. The SMILES string of the molecule is CCCN(CCC)C(=O)c1cc(-c2ccccc2Cl)nn1-c1ccc(Cl)c(Cl)c1. The number of amides is 1. The van der Waals surface area contributed by atoms with Crippen LogP contribution in [-0.2, 0) is 0 Å². The van der Waals surface area contributed by atoms with Gasteiger partial charge in [0.25, 0.3) is 5.91 Å². The highest BCUT2D eigenvalue weighted by molar-refractivity contribution is 6.42. The predicted molar refractivity (Wildman–Crippen MR) is 121 cm³/mol. The van der Waals surface area contributed by atoms with E-state index in [4.69, 9.17) is 34.8 Å². The number of halogens is 3. The zero-order valence-electron chi connectivity index (χ0n) is 16.3. The van der Waals surface area contributed by atoms with Gasteiger partial charge in [0.2, 0.25) is 0 Å². The molecule has 0 aliphatic rings. The van der Waals surface area contributed by atoms with Gasteiger partial charge in [-0.3, -0.25) is 4.79 Å². The molecule has 0 aliphatic heterocycles. The first-order valence-electron chi connectivity index (χ1n) is 9.55. The van der Waals surface area contributed by atoms with E-state index in [1.807, 2.05) is 23.1 Å². The molecule has 0 atom stereocenters. The van der Waals surface area contributed by atoms with Crippen LogP contribution in [0.3, 0.4) is 0 Å². The molecule has 0 N–H and O–H groups in total. The van der Waals surface area contributed by atoms with Crippen LogP contribution in [0.4, 0.5) is 0 Å². The number of hydrogen-bond acceptors (Lipinski definition) is 2. The van der Waals surface area contributed by atoms with E-state index >= 15 is 0 Å². The van der Waals surface area contributed by atoms with E-state index < -0.39 is 0 Å². The van der Waals surface area contributed by atoms with Crippen molar-refractivity contribution in [1.29, 1.82) is 0 Å². The first-order chi connectivity index (χ1) is 14.0. The van der Waals surface area contributed by atoms with Gasteiger partial charge in [0.15, 0.2) is 0 Å². The molecule has 0 saturated heterocycles. The second kappa shape index (κ2) is 9.66. The van der Waals surface area contributed by atoms with Crippen molar-refractivity contribution in [3.63, 3.8) is 0 Å². The highest BCUT2D eigenvalue weighted by atomic mass is 35.5. The second-order valence-electron chi connectivity index (χ2n) is 6.70. The smallest absolute Gasteiger partial charge is 0.272 e. The summed E-state index contributed by atoms with van der Waals surface area (Å²) in [4.78, 5) is 15.2. The highest BCUT2D eigenvalue weighted by Crippen LogP contribution is 2.30. The van der Waals surface area contributed by atoms with E-state index in [1.54, 1.807) is 35.0 Å². The van der Waals surface area contributed by atoms with Crippen LogP contribution in [-0.4, -0.2) is 33.7 Å². The van der Waals surface area contributed by atoms with Crippen molar-refractivity contribution in [3.05, 3.63) is 69.3 Å². The van der Waals surface area contributed by atoms with Crippen molar-refractivity contribution >= 4 is 40.7 Å². The van der Waals surface area contributed by atoms with Crippen LogP contribution >= 0.6 is 34.8 Å². The Kier molecular flexibility index (Phi) is 7.23. The van der Waals surface area contributed by atoms with Gasteiger partial charge in [-0.05, 0) is 43.2 Å². The normalized spacial score (nSPS) is 10.9. The molecule has 0 unspecified atom stereocenters. The third-order valence-corrected chi connectivity index (χ3v) is 5.57. The van der Waals surface area contributed by atoms with E-state index in [0.29, 0.717) is 45.2 Å². The summed E-state index contributed by atoms with van der Waals surface area (Å²) in [5.74, 6) is -0.0782. The lowest BCUT2D eigenvalue weighted by atomic mass is 10.1. The van der Waals surface area contributed by atoms with E-state index in [9.17, 15) is 4.79 Å². The van der Waals surface area contributed by atoms with Crippen molar-refractivity contribution in [1.82, 2.24) is 14.7 Å². The van der Waals surface area contributed by atoms with Gasteiger partial charge >= 0.3 is 0 Å². The third kappa shape index (κ3) is 4.77. The fraction of sp³-hybridized carbons (Fsp3) is 0.273.